The Morgan fingerprint density at radius 2 is 1.53 bits per heavy atom. The van der Waals surface area contributed by atoms with Gasteiger partial charge in [-0.15, -0.1) is 0 Å². The van der Waals surface area contributed by atoms with E-state index in [1.165, 1.54) is 4.90 Å². The van der Waals surface area contributed by atoms with E-state index in [-0.39, 0.29) is 31.5 Å². The Bertz CT molecular complexity index is 823. The van der Waals surface area contributed by atoms with Gasteiger partial charge in [-0.3, -0.25) is 9.69 Å². The molecule has 9 nitrogen and oxygen atoms in total. The minimum absolute atomic E-state index is 0.0934. The second-order valence-electron chi connectivity index (χ2n) is 10.8. The standard InChI is InChI=1S/C25H39N3O6/c1-24(2,3)33-22(31)27(19-12-10-18(11-13-19)17-21(29)30)15-16-28(20-9-7-8-14-26-20)23(32)34-25(4,5)6/h7-9,14,18-19H,10-13,15-17H2,1-6H3,(H,29,30). The molecule has 0 bridgehead atoms. The van der Waals surface area contributed by atoms with Crippen molar-refractivity contribution in [2.45, 2.75) is 90.9 Å². The van der Waals surface area contributed by atoms with Crippen molar-refractivity contribution in [1.29, 1.82) is 0 Å². The van der Waals surface area contributed by atoms with Gasteiger partial charge in [-0.05, 0) is 85.3 Å². The van der Waals surface area contributed by atoms with Crippen molar-refractivity contribution in [3.63, 3.8) is 0 Å². The summed E-state index contributed by atoms with van der Waals surface area (Å²) in [6, 6.07) is 5.18. The fraction of sp³-hybridized carbons (Fsp3) is 0.680. The lowest BCUT2D eigenvalue weighted by molar-refractivity contribution is -0.138. The molecule has 190 valence electrons. The van der Waals surface area contributed by atoms with Crippen LogP contribution in [0.5, 0.6) is 0 Å². The first-order valence-corrected chi connectivity index (χ1v) is 11.9. The summed E-state index contributed by atoms with van der Waals surface area (Å²) in [7, 11) is 0. The molecule has 1 fully saturated rings. The van der Waals surface area contributed by atoms with Gasteiger partial charge in [0.15, 0.2) is 0 Å². The molecular formula is C25H39N3O6. The third kappa shape index (κ3) is 9.19. The Morgan fingerprint density at radius 1 is 0.941 bits per heavy atom. The van der Waals surface area contributed by atoms with E-state index < -0.39 is 29.4 Å². The van der Waals surface area contributed by atoms with Gasteiger partial charge in [0.1, 0.15) is 17.0 Å². The quantitative estimate of drug-likeness (QED) is 0.582. The van der Waals surface area contributed by atoms with Gasteiger partial charge < -0.3 is 19.5 Å². The smallest absolute Gasteiger partial charge is 0.416 e. The summed E-state index contributed by atoms with van der Waals surface area (Å²) >= 11 is 0. The van der Waals surface area contributed by atoms with Crippen LogP contribution in [-0.2, 0) is 14.3 Å². The molecule has 0 unspecified atom stereocenters. The van der Waals surface area contributed by atoms with Gasteiger partial charge in [-0.25, -0.2) is 14.6 Å². The van der Waals surface area contributed by atoms with Crippen molar-refractivity contribution in [3.8, 4) is 0 Å². The van der Waals surface area contributed by atoms with E-state index in [4.69, 9.17) is 14.6 Å². The number of carboxylic acid groups (broad SMARTS) is 1. The number of carboxylic acids is 1. The van der Waals surface area contributed by atoms with Crippen molar-refractivity contribution in [2.24, 2.45) is 5.92 Å². The van der Waals surface area contributed by atoms with Crippen LogP contribution in [0.4, 0.5) is 15.4 Å². The highest BCUT2D eigenvalue weighted by atomic mass is 16.6. The number of carbonyl (C=O) groups is 3. The predicted octanol–water partition coefficient (Wildman–Crippen LogP) is 5.09. The molecule has 0 saturated heterocycles. The lowest BCUT2D eigenvalue weighted by Gasteiger charge is -2.38. The number of pyridine rings is 1. The number of amides is 2. The van der Waals surface area contributed by atoms with Crippen molar-refractivity contribution in [1.82, 2.24) is 9.88 Å². The summed E-state index contributed by atoms with van der Waals surface area (Å²) in [5, 5.41) is 9.10. The zero-order valence-corrected chi connectivity index (χ0v) is 21.2. The maximum atomic E-state index is 13.1. The van der Waals surface area contributed by atoms with E-state index in [0.29, 0.717) is 18.7 Å². The summed E-state index contributed by atoms with van der Waals surface area (Å²) in [6.45, 7) is 11.2. The minimum atomic E-state index is -0.796. The Hall–Kier alpha value is -2.84. The Balaban J connectivity index is 2.19. The minimum Gasteiger partial charge on any atom is -0.481 e. The average molecular weight is 478 g/mol. The van der Waals surface area contributed by atoms with Crippen molar-refractivity contribution >= 4 is 24.0 Å². The summed E-state index contributed by atoms with van der Waals surface area (Å²) in [6.07, 6.45) is 3.59. The molecule has 0 aliphatic heterocycles. The van der Waals surface area contributed by atoms with Gasteiger partial charge in [0, 0.05) is 31.7 Å². The predicted molar refractivity (Wildman–Crippen MR) is 129 cm³/mol. The number of hydrogen-bond acceptors (Lipinski definition) is 6. The number of rotatable bonds is 7. The van der Waals surface area contributed by atoms with Gasteiger partial charge in [0.05, 0.1) is 0 Å². The van der Waals surface area contributed by atoms with Gasteiger partial charge in [0.2, 0.25) is 0 Å². The average Bonchev–Trinajstić information content (AvgIpc) is 2.69. The maximum absolute atomic E-state index is 13.1. The topological polar surface area (TPSA) is 109 Å². The van der Waals surface area contributed by atoms with E-state index in [9.17, 15) is 14.4 Å². The number of aromatic nitrogens is 1. The van der Waals surface area contributed by atoms with Crippen molar-refractivity contribution in [3.05, 3.63) is 24.4 Å². The van der Waals surface area contributed by atoms with E-state index in [1.807, 2.05) is 20.8 Å². The highest BCUT2D eigenvalue weighted by Gasteiger charge is 2.33. The largest absolute Gasteiger partial charge is 0.481 e. The maximum Gasteiger partial charge on any atom is 0.416 e. The van der Waals surface area contributed by atoms with Gasteiger partial charge in [-0.1, -0.05) is 6.07 Å². The van der Waals surface area contributed by atoms with E-state index >= 15 is 0 Å². The molecule has 0 aromatic carbocycles. The van der Waals surface area contributed by atoms with Crippen LogP contribution >= 0.6 is 0 Å². The molecule has 34 heavy (non-hydrogen) atoms. The second-order valence-corrected chi connectivity index (χ2v) is 10.8. The van der Waals surface area contributed by atoms with Crippen LogP contribution in [0, 0.1) is 5.92 Å². The normalized spacial score (nSPS) is 18.6. The van der Waals surface area contributed by atoms with Crippen LogP contribution in [0.1, 0.15) is 73.6 Å². The Kier molecular flexibility index (Phi) is 9.29. The number of anilines is 1. The molecule has 2 amide bonds. The molecule has 1 aromatic rings. The van der Waals surface area contributed by atoms with E-state index in [2.05, 4.69) is 4.98 Å². The number of hydrogen-bond donors (Lipinski definition) is 1. The number of nitrogens with zero attached hydrogens (tertiary/aromatic N) is 3. The Morgan fingerprint density at radius 3 is 2.03 bits per heavy atom. The summed E-state index contributed by atoms with van der Waals surface area (Å²) < 4.78 is 11.2. The first kappa shape index (κ1) is 27.4. The molecule has 1 N–H and O–H groups in total. The molecule has 0 atom stereocenters. The van der Waals surface area contributed by atoms with Crippen LogP contribution in [0.3, 0.4) is 0 Å². The van der Waals surface area contributed by atoms with E-state index in [1.54, 1.807) is 50.1 Å². The molecule has 1 aliphatic rings. The van der Waals surface area contributed by atoms with Crippen LogP contribution in [0.15, 0.2) is 24.4 Å². The third-order valence-electron chi connectivity index (χ3n) is 5.45. The third-order valence-corrected chi connectivity index (χ3v) is 5.45. The Labute approximate surface area is 202 Å². The summed E-state index contributed by atoms with van der Waals surface area (Å²) in [5.74, 6) is -0.247. The van der Waals surface area contributed by atoms with Crippen molar-refractivity contribution in [2.75, 3.05) is 18.0 Å². The highest BCUT2D eigenvalue weighted by molar-refractivity contribution is 5.86. The lowest BCUT2D eigenvalue weighted by Crippen LogP contribution is -2.49. The molecule has 1 aromatic heterocycles. The highest BCUT2D eigenvalue weighted by Crippen LogP contribution is 2.31. The van der Waals surface area contributed by atoms with Gasteiger partial charge in [-0.2, -0.15) is 0 Å². The van der Waals surface area contributed by atoms with Crippen molar-refractivity contribution < 1.29 is 29.0 Å². The summed E-state index contributed by atoms with van der Waals surface area (Å²) in [4.78, 5) is 44.6. The van der Waals surface area contributed by atoms with Crippen LogP contribution in [0.2, 0.25) is 0 Å². The first-order valence-electron chi connectivity index (χ1n) is 11.9. The fourth-order valence-electron chi connectivity index (χ4n) is 3.99. The zero-order chi connectivity index (χ0) is 25.5. The zero-order valence-electron chi connectivity index (χ0n) is 21.2. The molecule has 1 heterocycles. The number of carbonyl (C=O) groups excluding carboxylic acids is 2. The van der Waals surface area contributed by atoms with Crippen LogP contribution in [0.25, 0.3) is 0 Å². The first-order chi connectivity index (χ1) is 15.7. The molecule has 9 heteroatoms. The lowest BCUT2D eigenvalue weighted by atomic mass is 9.83. The fourth-order valence-corrected chi connectivity index (χ4v) is 3.99. The molecule has 0 spiro atoms. The van der Waals surface area contributed by atoms with E-state index in [0.717, 1.165) is 12.8 Å². The molecular weight excluding hydrogens is 438 g/mol. The molecule has 0 radical (unpaired) electrons. The van der Waals surface area contributed by atoms with Gasteiger partial charge in [0.25, 0.3) is 0 Å². The van der Waals surface area contributed by atoms with Gasteiger partial charge >= 0.3 is 18.2 Å². The second kappa shape index (κ2) is 11.5. The molecule has 1 saturated carbocycles. The molecule has 2 rings (SSSR count). The number of aliphatic carboxylic acids is 1. The van der Waals surface area contributed by atoms with Crippen LogP contribution in [-0.4, -0.2) is 63.5 Å². The monoisotopic (exact) mass is 477 g/mol. The molecule has 1 aliphatic carbocycles. The summed E-state index contributed by atoms with van der Waals surface area (Å²) in [5.41, 5.74) is -1.35. The number of ether oxygens (including phenoxy) is 2. The SMILES string of the molecule is CC(C)(C)OC(=O)N(CCN(C(=O)OC(C)(C)C)C1CCC(CC(=O)O)CC1)c1ccccn1. The van der Waals surface area contributed by atoms with Crippen LogP contribution < -0.4 is 4.90 Å².